The topological polar surface area (TPSA) is 94.2 Å². The van der Waals surface area contributed by atoms with E-state index < -0.39 is 10.0 Å². The summed E-state index contributed by atoms with van der Waals surface area (Å²) in [5.74, 6) is 1.55. The smallest absolute Gasteiger partial charge is 0.273 e. The predicted octanol–water partition coefficient (Wildman–Crippen LogP) is 3.60. The second-order valence-electron chi connectivity index (χ2n) is 7.38. The highest BCUT2D eigenvalue weighted by Crippen LogP contribution is 2.32. The van der Waals surface area contributed by atoms with Crippen LogP contribution >= 0.6 is 11.3 Å². The van der Waals surface area contributed by atoms with Gasteiger partial charge in [-0.3, -0.25) is 9.10 Å². The SMILES string of the molecule is C[C@@H](NC(=O)COc1ccc(N(C)S(=O)(=O)c2cccs2)cc1)c1ccc2c(c1)OCCO2. The first-order valence-corrected chi connectivity index (χ1v) is 12.6. The summed E-state index contributed by atoms with van der Waals surface area (Å²) in [7, 11) is -2.11. The molecule has 0 spiro atoms. The van der Waals surface area contributed by atoms with E-state index >= 15 is 0 Å². The van der Waals surface area contributed by atoms with Crippen LogP contribution in [0.4, 0.5) is 5.69 Å². The first-order valence-electron chi connectivity index (χ1n) is 10.3. The predicted molar refractivity (Wildman–Crippen MR) is 126 cm³/mol. The van der Waals surface area contributed by atoms with Gasteiger partial charge in [-0.15, -0.1) is 11.3 Å². The van der Waals surface area contributed by atoms with Crippen LogP contribution in [0.25, 0.3) is 0 Å². The van der Waals surface area contributed by atoms with Gasteiger partial charge in [0.1, 0.15) is 23.2 Å². The van der Waals surface area contributed by atoms with Crippen LogP contribution < -0.4 is 23.8 Å². The number of fused-ring (bicyclic) bond motifs is 1. The first-order chi connectivity index (χ1) is 15.8. The van der Waals surface area contributed by atoms with Crippen molar-refractivity contribution in [1.29, 1.82) is 0 Å². The zero-order valence-electron chi connectivity index (χ0n) is 18.2. The van der Waals surface area contributed by atoms with E-state index in [0.717, 1.165) is 5.56 Å². The van der Waals surface area contributed by atoms with Gasteiger partial charge in [-0.05, 0) is 60.3 Å². The van der Waals surface area contributed by atoms with Crippen LogP contribution in [0.1, 0.15) is 18.5 Å². The molecule has 1 atom stereocenters. The van der Waals surface area contributed by atoms with Gasteiger partial charge in [-0.2, -0.15) is 0 Å². The lowest BCUT2D eigenvalue weighted by Gasteiger charge is -2.21. The summed E-state index contributed by atoms with van der Waals surface area (Å²) >= 11 is 1.17. The highest BCUT2D eigenvalue weighted by atomic mass is 32.2. The molecular weight excluding hydrogens is 464 g/mol. The molecule has 0 aliphatic carbocycles. The minimum Gasteiger partial charge on any atom is -0.486 e. The molecule has 174 valence electrons. The highest BCUT2D eigenvalue weighted by Gasteiger charge is 2.22. The molecule has 1 aliphatic heterocycles. The van der Waals surface area contributed by atoms with E-state index in [1.165, 1.54) is 22.7 Å². The Morgan fingerprint density at radius 2 is 1.85 bits per heavy atom. The molecule has 10 heteroatoms. The Balaban J connectivity index is 1.31. The molecule has 1 aliphatic rings. The van der Waals surface area contributed by atoms with Gasteiger partial charge >= 0.3 is 0 Å². The molecule has 1 aromatic heterocycles. The van der Waals surface area contributed by atoms with Crippen LogP contribution in [-0.2, 0) is 14.8 Å². The first kappa shape index (κ1) is 22.9. The molecule has 0 fully saturated rings. The van der Waals surface area contributed by atoms with Crippen LogP contribution in [0, 0.1) is 0 Å². The highest BCUT2D eigenvalue weighted by molar-refractivity contribution is 7.94. The van der Waals surface area contributed by atoms with Crippen LogP contribution in [0.15, 0.2) is 64.2 Å². The quantitative estimate of drug-likeness (QED) is 0.521. The van der Waals surface area contributed by atoms with Crippen molar-refractivity contribution >= 4 is 33.0 Å². The van der Waals surface area contributed by atoms with Crippen molar-refractivity contribution < 1.29 is 27.4 Å². The number of ether oxygens (including phenoxy) is 3. The average Bonchev–Trinajstić information content (AvgIpc) is 3.38. The molecule has 4 rings (SSSR count). The van der Waals surface area contributed by atoms with Crippen molar-refractivity contribution in [3.63, 3.8) is 0 Å². The summed E-state index contributed by atoms with van der Waals surface area (Å²) in [5.41, 5.74) is 1.39. The minimum atomic E-state index is -3.60. The fraction of sp³-hybridized carbons (Fsp3) is 0.261. The van der Waals surface area contributed by atoms with Crippen molar-refractivity contribution in [2.24, 2.45) is 0 Å². The summed E-state index contributed by atoms with van der Waals surface area (Å²) in [5, 5.41) is 4.61. The maximum absolute atomic E-state index is 12.6. The molecule has 3 aromatic rings. The third kappa shape index (κ3) is 5.23. The minimum absolute atomic E-state index is 0.169. The Labute approximate surface area is 196 Å². The van der Waals surface area contributed by atoms with Crippen LogP contribution in [0.3, 0.4) is 0 Å². The second-order valence-corrected chi connectivity index (χ2v) is 10.5. The van der Waals surface area contributed by atoms with Crippen molar-refractivity contribution in [3.8, 4) is 17.2 Å². The number of benzene rings is 2. The van der Waals surface area contributed by atoms with Gasteiger partial charge in [0.15, 0.2) is 18.1 Å². The van der Waals surface area contributed by atoms with E-state index in [9.17, 15) is 13.2 Å². The normalized spacial score (nSPS) is 13.8. The van der Waals surface area contributed by atoms with Gasteiger partial charge in [0.05, 0.1) is 11.7 Å². The van der Waals surface area contributed by atoms with E-state index in [-0.39, 0.29) is 22.8 Å². The van der Waals surface area contributed by atoms with Crippen LogP contribution in [-0.4, -0.2) is 41.2 Å². The Morgan fingerprint density at radius 1 is 1.12 bits per heavy atom. The number of rotatable bonds is 8. The molecule has 0 unspecified atom stereocenters. The number of carbonyl (C=O) groups excluding carboxylic acids is 1. The van der Waals surface area contributed by atoms with E-state index in [2.05, 4.69) is 5.32 Å². The molecule has 0 saturated carbocycles. The number of thiophene rings is 1. The van der Waals surface area contributed by atoms with Gasteiger partial charge in [-0.1, -0.05) is 12.1 Å². The average molecular weight is 489 g/mol. The van der Waals surface area contributed by atoms with Crippen LogP contribution in [0.2, 0.25) is 0 Å². The number of nitrogens with one attached hydrogen (secondary N) is 1. The standard InChI is InChI=1S/C23H24N2O6S2/c1-16(17-5-10-20-21(14-17)30-12-11-29-20)24-22(26)15-31-19-8-6-18(7-9-19)25(2)33(27,28)23-4-3-13-32-23/h3-10,13-14,16H,11-12,15H2,1-2H3,(H,24,26)/t16-/m1/s1. The molecule has 2 aromatic carbocycles. The van der Waals surface area contributed by atoms with Crippen molar-refractivity contribution in [2.45, 2.75) is 17.2 Å². The van der Waals surface area contributed by atoms with E-state index in [4.69, 9.17) is 14.2 Å². The van der Waals surface area contributed by atoms with Gasteiger partial charge in [0.25, 0.3) is 15.9 Å². The molecule has 1 amide bonds. The molecule has 0 saturated heterocycles. The number of nitrogens with zero attached hydrogens (tertiary/aromatic N) is 1. The van der Waals surface area contributed by atoms with Gasteiger partial charge in [0, 0.05) is 7.05 Å². The fourth-order valence-electron chi connectivity index (χ4n) is 3.28. The second kappa shape index (κ2) is 9.72. The van der Waals surface area contributed by atoms with Crippen molar-refractivity contribution in [3.05, 3.63) is 65.5 Å². The number of amides is 1. The molecule has 33 heavy (non-hydrogen) atoms. The third-order valence-corrected chi connectivity index (χ3v) is 8.28. The van der Waals surface area contributed by atoms with Crippen molar-refractivity contribution in [2.75, 3.05) is 31.2 Å². The Hall–Kier alpha value is -3.24. The zero-order chi connectivity index (χ0) is 23.4. The third-order valence-electron chi connectivity index (χ3n) is 5.12. The van der Waals surface area contributed by atoms with Gasteiger partial charge < -0.3 is 19.5 Å². The lowest BCUT2D eigenvalue weighted by atomic mass is 10.1. The van der Waals surface area contributed by atoms with E-state index in [1.807, 2.05) is 25.1 Å². The molecule has 0 radical (unpaired) electrons. The number of anilines is 1. The van der Waals surface area contributed by atoms with E-state index in [0.29, 0.717) is 36.1 Å². The summed E-state index contributed by atoms with van der Waals surface area (Å²) < 4.78 is 43.4. The molecule has 0 bridgehead atoms. The lowest BCUT2D eigenvalue weighted by Crippen LogP contribution is -2.31. The Morgan fingerprint density at radius 3 is 2.55 bits per heavy atom. The molecule has 2 heterocycles. The maximum Gasteiger partial charge on any atom is 0.273 e. The Bertz CT molecular complexity index is 1210. The van der Waals surface area contributed by atoms with Gasteiger partial charge in [0.2, 0.25) is 0 Å². The maximum atomic E-state index is 12.6. The van der Waals surface area contributed by atoms with E-state index in [1.54, 1.807) is 41.8 Å². The lowest BCUT2D eigenvalue weighted by molar-refractivity contribution is -0.123. The number of hydrogen-bond acceptors (Lipinski definition) is 7. The summed E-state index contributed by atoms with van der Waals surface area (Å²) in [4.78, 5) is 12.3. The zero-order valence-corrected chi connectivity index (χ0v) is 19.8. The summed E-state index contributed by atoms with van der Waals surface area (Å²) in [6.45, 7) is 2.73. The molecule has 8 nitrogen and oxygen atoms in total. The summed E-state index contributed by atoms with van der Waals surface area (Å²) in [6, 6.07) is 15.1. The van der Waals surface area contributed by atoms with Gasteiger partial charge in [-0.25, -0.2) is 8.42 Å². The largest absolute Gasteiger partial charge is 0.486 e. The number of sulfonamides is 1. The number of hydrogen-bond donors (Lipinski definition) is 1. The number of carbonyl (C=O) groups is 1. The van der Waals surface area contributed by atoms with Crippen molar-refractivity contribution in [1.82, 2.24) is 5.32 Å². The molecule has 1 N–H and O–H groups in total. The molecular formula is C23H24N2O6S2. The monoisotopic (exact) mass is 488 g/mol. The Kier molecular flexibility index (Phi) is 6.75. The fourth-order valence-corrected chi connectivity index (χ4v) is 5.64. The summed E-state index contributed by atoms with van der Waals surface area (Å²) in [6.07, 6.45) is 0. The van der Waals surface area contributed by atoms with Crippen LogP contribution in [0.5, 0.6) is 17.2 Å².